The Kier molecular flexibility index (Phi) is 5.52. The smallest absolute Gasteiger partial charge is 0.265 e. The first kappa shape index (κ1) is 20.8. The number of fused-ring (bicyclic) bond motifs is 1. The third kappa shape index (κ3) is 3.93. The summed E-state index contributed by atoms with van der Waals surface area (Å²) in [4.78, 5) is 21.8. The first-order valence-electron chi connectivity index (χ1n) is 10.3. The van der Waals surface area contributed by atoms with E-state index >= 15 is 0 Å². The average Bonchev–Trinajstić information content (AvgIpc) is 3.40. The molecule has 6 nitrogen and oxygen atoms in total. The molecule has 5 rings (SSSR count). The van der Waals surface area contributed by atoms with Crippen molar-refractivity contribution in [3.63, 3.8) is 0 Å². The second kappa shape index (κ2) is 8.48. The number of piperazine rings is 1. The van der Waals surface area contributed by atoms with Crippen LogP contribution >= 0.6 is 11.3 Å². The summed E-state index contributed by atoms with van der Waals surface area (Å²) in [6.07, 6.45) is 0. The summed E-state index contributed by atoms with van der Waals surface area (Å²) in [5.41, 5.74) is 1.43. The van der Waals surface area contributed by atoms with Crippen LogP contribution in [0.25, 0.3) is 10.6 Å². The molecule has 2 aromatic carbocycles. The molecule has 0 aliphatic carbocycles. The molecule has 3 aromatic rings. The molecule has 1 aromatic heterocycles. The number of carbonyl (C=O) groups is 1. The van der Waals surface area contributed by atoms with Crippen molar-refractivity contribution in [2.45, 2.75) is 13.5 Å². The zero-order chi connectivity index (χ0) is 22.2. The fourth-order valence-corrected chi connectivity index (χ4v) is 5.04. The van der Waals surface area contributed by atoms with Crippen molar-refractivity contribution in [3.8, 4) is 22.1 Å². The molecule has 0 N–H and O–H groups in total. The molecule has 0 spiro atoms. The van der Waals surface area contributed by atoms with Crippen LogP contribution in [0.15, 0.2) is 36.4 Å². The quantitative estimate of drug-likeness (QED) is 0.591. The van der Waals surface area contributed by atoms with Crippen molar-refractivity contribution >= 4 is 17.2 Å². The fourth-order valence-electron chi connectivity index (χ4n) is 3.95. The molecule has 1 fully saturated rings. The van der Waals surface area contributed by atoms with Crippen LogP contribution in [0.4, 0.5) is 8.78 Å². The number of halogens is 2. The Morgan fingerprint density at radius 3 is 2.53 bits per heavy atom. The van der Waals surface area contributed by atoms with Gasteiger partial charge in [-0.2, -0.15) is 0 Å². The van der Waals surface area contributed by atoms with Crippen LogP contribution in [-0.4, -0.2) is 53.7 Å². The van der Waals surface area contributed by atoms with Crippen LogP contribution < -0.4 is 9.47 Å². The first-order valence-corrected chi connectivity index (χ1v) is 11.1. The van der Waals surface area contributed by atoms with Gasteiger partial charge in [0.1, 0.15) is 21.5 Å². The van der Waals surface area contributed by atoms with Gasteiger partial charge in [0.25, 0.3) is 5.91 Å². The van der Waals surface area contributed by atoms with Gasteiger partial charge in [0.15, 0.2) is 11.5 Å². The molecule has 3 heterocycles. The molecule has 0 atom stereocenters. The maximum absolute atomic E-state index is 14.1. The van der Waals surface area contributed by atoms with Gasteiger partial charge in [0.2, 0.25) is 6.79 Å². The van der Waals surface area contributed by atoms with Crippen molar-refractivity contribution < 1.29 is 23.0 Å². The van der Waals surface area contributed by atoms with E-state index in [0.29, 0.717) is 23.7 Å². The molecule has 32 heavy (non-hydrogen) atoms. The van der Waals surface area contributed by atoms with Crippen LogP contribution in [0.2, 0.25) is 0 Å². The Balaban J connectivity index is 1.24. The Hall–Kier alpha value is -3.04. The highest BCUT2D eigenvalue weighted by Crippen LogP contribution is 2.34. The van der Waals surface area contributed by atoms with Gasteiger partial charge >= 0.3 is 0 Å². The van der Waals surface area contributed by atoms with Crippen molar-refractivity contribution in [2.75, 3.05) is 33.0 Å². The maximum Gasteiger partial charge on any atom is 0.265 e. The van der Waals surface area contributed by atoms with Gasteiger partial charge in [-0.15, -0.1) is 11.3 Å². The van der Waals surface area contributed by atoms with E-state index in [0.717, 1.165) is 48.0 Å². The average molecular weight is 458 g/mol. The summed E-state index contributed by atoms with van der Waals surface area (Å²) >= 11 is 1.04. The second-order valence-corrected chi connectivity index (χ2v) is 8.79. The summed E-state index contributed by atoms with van der Waals surface area (Å²) in [5.74, 6) is 0.00768. The largest absolute Gasteiger partial charge is 0.454 e. The predicted octanol–water partition coefficient (Wildman–Crippen LogP) is 4.08. The van der Waals surface area contributed by atoms with E-state index in [-0.39, 0.29) is 23.3 Å². The van der Waals surface area contributed by atoms with E-state index in [2.05, 4.69) is 9.88 Å². The van der Waals surface area contributed by atoms with Gasteiger partial charge in [-0.1, -0.05) is 12.1 Å². The van der Waals surface area contributed by atoms with Gasteiger partial charge in [0.05, 0.1) is 11.3 Å². The van der Waals surface area contributed by atoms with Crippen LogP contribution in [0, 0.1) is 18.6 Å². The molecule has 0 saturated carbocycles. The Morgan fingerprint density at radius 2 is 1.78 bits per heavy atom. The van der Waals surface area contributed by atoms with Crippen molar-refractivity contribution in [1.29, 1.82) is 0 Å². The lowest BCUT2D eigenvalue weighted by Crippen LogP contribution is -2.48. The lowest BCUT2D eigenvalue weighted by Gasteiger charge is -2.34. The monoisotopic (exact) mass is 457 g/mol. The Morgan fingerprint density at radius 1 is 1.06 bits per heavy atom. The van der Waals surface area contributed by atoms with Gasteiger partial charge < -0.3 is 14.4 Å². The number of hydrogen-bond acceptors (Lipinski definition) is 6. The number of thiazole rings is 1. The number of hydrogen-bond donors (Lipinski definition) is 0. The standard InChI is InChI=1S/C23H21F2N3O3S/c1-14-21(32-22(26-14)20-16(24)3-2-4-17(20)25)23(29)28-9-7-27(8-10-28)12-15-5-6-18-19(11-15)31-13-30-18/h2-6,11H,7-10,12-13H2,1H3. The predicted molar refractivity (Wildman–Crippen MR) is 116 cm³/mol. The number of nitrogens with zero attached hydrogens (tertiary/aromatic N) is 3. The second-order valence-electron chi connectivity index (χ2n) is 7.79. The van der Waals surface area contributed by atoms with Crippen LogP contribution in [0.5, 0.6) is 11.5 Å². The number of ether oxygens (including phenoxy) is 2. The highest BCUT2D eigenvalue weighted by molar-refractivity contribution is 7.17. The molecule has 1 amide bonds. The molecule has 166 valence electrons. The van der Waals surface area contributed by atoms with E-state index in [4.69, 9.17) is 9.47 Å². The number of carbonyl (C=O) groups excluding carboxylic acids is 1. The third-order valence-corrected chi connectivity index (χ3v) is 6.83. The molecule has 2 aliphatic rings. The lowest BCUT2D eigenvalue weighted by atomic mass is 10.1. The minimum Gasteiger partial charge on any atom is -0.454 e. The van der Waals surface area contributed by atoms with E-state index in [1.807, 2.05) is 18.2 Å². The summed E-state index contributed by atoms with van der Waals surface area (Å²) in [6, 6.07) is 9.62. The van der Waals surface area contributed by atoms with Crippen LogP contribution in [0.1, 0.15) is 20.9 Å². The van der Waals surface area contributed by atoms with Crippen LogP contribution in [0.3, 0.4) is 0 Å². The molecule has 0 radical (unpaired) electrons. The lowest BCUT2D eigenvalue weighted by molar-refractivity contribution is 0.0632. The van der Waals surface area contributed by atoms with Gasteiger partial charge in [0, 0.05) is 32.7 Å². The third-order valence-electron chi connectivity index (χ3n) is 5.67. The van der Waals surface area contributed by atoms with Gasteiger partial charge in [-0.3, -0.25) is 9.69 Å². The fraction of sp³-hybridized carbons (Fsp3) is 0.304. The minimum atomic E-state index is -0.685. The number of rotatable bonds is 4. The Labute approximate surface area is 188 Å². The SMILES string of the molecule is Cc1nc(-c2c(F)cccc2F)sc1C(=O)N1CCN(Cc2ccc3c(c2)OCO3)CC1. The summed E-state index contributed by atoms with van der Waals surface area (Å²) in [6.45, 7) is 5.31. The summed E-state index contributed by atoms with van der Waals surface area (Å²) in [5, 5.41) is 0.183. The van der Waals surface area contributed by atoms with Gasteiger partial charge in [-0.25, -0.2) is 13.8 Å². The van der Waals surface area contributed by atoms with E-state index in [1.54, 1.807) is 11.8 Å². The van der Waals surface area contributed by atoms with Gasteiger partial charge in [-0.05, 0) is 36.8 Å². The van der Waals surface area contributed by atoms with Crippen molar-refractivity contribution in [2.24, 2.45) is 0 Å². The molecule has 2 aliphatic heterocycles. The Bertz CT molecular complexity index is 1160. The zero-order valence-electron chi connectivity index (χ0n) is 17.4. The van der Waals surface area contributed by atoms with Crippen molar-refractivity contribution in [1.82, 2.24) is 14.8 Å². The maximum atomic E-state index is 14.1. The molecular weight excluding hydrogens is 436 g/mol. The highest BCUT2D eigenvalue weighted by atomic mass is 32.1. The molecule has 9 heteroatoms. The van der Waals surface area contributed by atoms with E-state index in [1.165, 1.54) is 18.2 Å². The number of aryl methyl sites for hydroxylation is 1. The van der Waals surface area contributed by atoms with E-state index < -0.39 is 11.6 Å². The van der Waals surface area contributed by atoms with Crippen LogP contribution in [-0.2, 0) is 6.54 Å². The minimum absolute atomic E-state index is 0.147. The number of amides is 1. The van der Waals surface area contributed by atoms with E-state index in [9.17, 15) is 13.6 Å². The zero-order valence-corrected chi connectivity index (χ0v) is 18.3. The number of benzene rings is 2. The summed E-state index contributed by atoms with van der Waals surface area (Å²) < 4.78 is 39.1. The van der Waals surface area contributed by atoms with Crippen molar-refractivity contribution in [3.05, 3.63) is 64.2 Å². The normalized spacial score (nSPS) is 15.9. The topological polar surface area (TPSA) is 54.9 Å². The molecule has 0 bridgehead atoms. The first-order chi connectivity index (χ1) is 15.5. The molecular formula is C23H21F2N3O3S. The summed E-state index contributed by atoms with van der Waals surface area (Å²) in [7, 11) is 0. The number of aromatic nitrogens is 1. The molecule has 0 unspecified atom stereocenters. The molecule has 1 saturated heterocycles. The highest BCUT2D eigenvalue weighted by Gasteiger charge is 2.27.